The number of nitrogens with zero attached hydrogens (tertiary/aromatic N) is 1. The van der Waals surface area contributed by atoms with Gasteiger partial charge < -0.3 is 15.0 Å². The number of hydrogen-bond donors (Lipinski definition) is 1. The van der Waals surface area contributed by atoms with Crippen molar-refractivity contribution in [2.24, 2.45) is 0 Å². The van der Waals surface area contributed by atoms with Crippen LogP contribution in [-0.2, 0) is 9.53 Å². The third-order valence-corrected chi connectivity index (χ3v) is 4.67. The summed E-state index contributed by atoms with van der Waals surface area (Å²) < 4.78 is 6.30. The van der Waals surface area contributed by atoms with Gasteiger partial charge in [0.05, 0.1) is 5.92 Å². The standard InChI is InChI=1S/C18H25BrN2O3/c1-12(14-7-5-6-8-15(14)19)16(22)20-13-9-10-21(11-13)17(23)24-18(2,3)4/h5-8,12-13H,9-11H2,1-4H3,(H,20,22)/t12?,13-/m0/s1. The van der Waals surface area contributed by atoms with Crippen LogP contribution < -0.4 is 5.32 Å². The maximum absolute atomic E-state index is 12.5. The van der Waals surface area contributed by atoms with Crippen molar-refractivity contribution in [2.75, 3.05) is 13.1 Å². The van der Waals surface area contributed by atoms with E-state index < -0.39 is 5.60 Å². The van der Waals surface area contributed by atoms with Crippen LogP contribution in [0.4, 0.5) is 4.79 Å². The first kappa shape index (κ1) is 18.8. The predicted molar refractivity (Wildman–Crippen MR) is 96.9 cm³/mol. The molecule has 0 spiro atoms. The topological polar surface area (TPSA) is 58.6 Å². The highest BCUT2D eigenvalue weighted by Crippen LogP contribution is 2.25. The Labute approximate surface area is 151 Å². The molecule has 1 saturated heterocycles. The van der Waals surface area contributed by atoms with Crippen molar-refractivity contribution in [2.45, 2.75) is 51.7 Å². The van der Waals surface area contributed by atoms with Gasteiger partial charge in [0.15, 0.2) is 0 Å². The van der Waals surface area contributed by atoms with Crippen LogP contribution in [0.15, 0.2) is 28.7 Å². The van der Waals surface area contributed by atoms with Crippen LogP contribution in [0.1, 0.15) is 45.6 Å². The molecule has 1 unspecified atom stereocenters. The molecular weight excluding hydrogens is 372 g/mol. The maximum Gasteiger partial charge on any atom is 0.410 e. The summed E-state index contributed by atoms with van der Waals surface area (Å²) in [6.45, 7) is 8.52. The molecule has 0 bridgehead atoms. The summed E-state index contributed by atoms with van der Waals surface area (Å²) in [5.41, 5.74) is 0.448. The number of rotatable bonds is 3. The third kappa shape index (κ3) is 4.97. The number of ether oxygens (including phenoxy) is 1. The van der Waals surface area contributed by atoms with Crippen molar-refractivity contribution < 1.29 is 14.3 Å². The van der Waals surface area contributed by atoms with E-state index in [0.717, 1.165) is 16.5 Å². The van der Waals surface area contributed by atoms with Crippen LogP contribution in [0.2, 0.25) is 0 Å². The quantitative estimate of drug-likeness (QED) is 0.847. The molecule has 1 N–H and O–H groups in total. The molecule has 24 heavy (non-hydrogen) atoms. The third-order valence-electron chi connectivity index (χ3n) is 3.95. The maximum atomic E-state index is 12.5. The van der Waals surface area contributed by atoms with Gasteiger partial charge in [-0.25, -0.2) is 4.79 Å². The first-order valence-corrected chi connectivity index (χ1v) is 8.99. The Bertz CT molecular complexity index is 613. The van der Waals surface area contributed by atoms with Gasteiger partial charge in [-0.15, -0.1) is 0 Å². The molecule has 1 aromatic carbocycles. The molecule has 2 atom stereocenters. The number of carbonyl (C=O) groups is 2. The molecule has 1 heterocycles. The van der Waals surface area contributed by atoms with E-state index in [1.807, 2.05) is 52.0 Å². The fraction of sp³-hybridized carbons (Fsp3) is 0.556. The Morgan fingerprint density at radius 1 is 1.33 bits per heavy atom. The smallest absolute Gasteiger partial charge is 0.410 e. The van der Waals surface area contributed by atoms with Crippen LogP contribution in [0.5, 0.6) is 0 Å². The zero-order valence-corrected chi connectivity index (χ0v) is 16.2. The lowest BCUT2D eigenvalue weighted by Crippen LogP contribution is -2.41. The number of halogens is 1. The molecule has 5 nitrogen and oxygen atoms in total. The van der Waals surface area contributed by atoms with E-state index in [9.17, 15) is 9.59 Å². The van der Waals surface area contributed by atoms with Crippen molar-refractivity contribution in [1.29, 1.82) is 0 Å². The zero-order chi connectivity index (χ0) is 17.9. The van der Waals surface area contributed by atoms with Gasteiger partial charge in [-0.2, -0.15) is 0 Å². The summed E-state index contributed by atoms with van der Waals surface area (Å²) in [6, 6.07) is 7.68. The second kappa shape index (κ2) is 7.55. The van der Waals surface area contributed by atoms with Crippen LogP contribution in [0.25, 0.3) is 0 Å². The van der Waals surface area contributed by atoms with E-state index in [4.69, 9.17) is 4.74 Å². The molecule has 2 amide bonds. The summed E-state index contributed by atoms with van der Waals surface area (Å²) in [5, 5.41) is 3.04. The fourth-order valence-corrected chi connectivity index (χ4v) is 3.29. The highest BCUT2D eigenvalue weighted by Gasteiger charge is 2.31. The molecule has 2 rings (SSSR count). The van der Waals surface area contributed by atoms with E-state index in [-0.39, 0.29) is 24.0 Å². The Morgan fingerprint density at radius 2 is 2.00 bits per heavy atom. The van der Waals surface area contributed by atoms with Gasteiger partial charge in [-0.05, 0) is 45.7 Å². The molecule has 0 aliphatic carbocycles. The first-order valence-electron chi connectivity index (χ1n) is 8.20. The minimum absolute atomic E-state index is 0.0297. The van der Waals surface area contributed by atoms with Crippen LogP contribution in [0.3, 0.4) is 0 Å². The Morgan fingerprint density at radius 3 is 2.62 bits per heavy atom. The molecule has 1 aliphatic rings. The predicted octanol–water partition coefficient (Wildman–Crippen LogP) is 3.68. The monoisotopic (exact) mass is 396 g/mol. The lowest BCUT2D eigenvalue weighted by atomic mass is 10.00. The van der Waals surface area contributed by atoms with Crippen molar-refractivity contribution in [1.82, 2.24) is 10.2 Å². The van der Waals surface area contributed by atoms with Gasteiger partial charge in [0.25, 0.3) is 0 Å². The minimum Gasteiger partial charge on any atom is -0.444 e. The Hall–Kier alpha value is -1.56. The van der Waals surface area contributed by atoms with Crippen LogP contribution >= 0.6 is 15.9 Å². The minimum atomic E-state index is -0.507. The fourth-order valence-electron chi connectivity index (χ4n) is 2.66. The first-order chi connectivity index (χ1) is 11.2. The zero-order valence-electron chi connectivity index (χ0n) is 14.6. The van der Waals surface area contributed by atoms with E-state index >= 15 is 0 Å². The largest absolute Gasteiger partial charge is 0.444 e. The van der Waals surface area contributed by atoms with Crippen LogP contribution in [0, 0.1) is 0 Å². The number of nitrogens with one attached hydrogen (secondary N) is 1. The summed E-state index contributed by atoms with van der Waals surface area (Å²) >= 11 is 3.48. The number of benzene rings is 1. The summed E-state index contributed by atoms with van der Waals surface area (Å²) in [4.78, 5) is 26.2. The van der Waals surface area contributed by atoms with Crippen LogP contribution in [-0.4, -0.2) is 41.6 Å². The van der Waals surface area contributed by atoms with Gasteiger partial charge in [0.2, 0.25) is 5.91 Å². The Balaban J connectivity index is 1.90. The average Bonchev–Trinajstić information content (AvgIpc) is 2.94. The molecular formula is C18H25BrN2O3. The van der Waals surface area contributed by atoms with Gasteiger partial charge in [-0.1, -0.05) is 34.1 Å². The molecule has 0 radical (unpaired) electrons. The van der Waals surface area contributed by atoms with Gasteiger partial charge in [-0.3, -0.25) is 4.79 Å². The lowest BCUT2D eigenvalue weighted by molar-refractivity contribution is -0.122. The van der Waals surface area contributed by atoms with E-state index in [1.165, 1.54) is 0 Å². The molecule has 1 fully saturated rings. The van der Waals surface area contributed by atoms with E-state index in [1.54, 1.807) is 4.90 Å². The second-order valence-electron chi connectivity index (χ2n) is 7.16. The lowest BCUT2D eigenvalue weighted by Gasteiger charge is -2.24. The van der Waals surface area contributed by atoms with Gasteiger partial charge in [0, 0.05) is 23.6 Å². The average molecular weight is 397 g/mol. The van der Waals surface area contributed by atoms with Crippen molar-refractivity contribution in [3.05, 3.63) is 34.3 Å². The highest BCUT2D eigenvalue weighted by atomic mass is 79.9. The summed E-state index contributed by atoms with van der Waals surface area (Å²) in [5.74, 6) is -0.283. The SMILES string of the molecule is CC(C(=O)N[C@H]1CCN(C(=O)OC(C)(C)C)C1)c1ccccc1Br. The summed E-state index contributed by atoms with van der Waals surface area (Å²) in [7, 11) is 0. The molecule has 1 aromatic rings. The van der Waals surface area contributed by atoms with E-state index in [2.05, 4.69) is 21.2 Å². The summed E-state index contributed by atoms with van der Waals surface area (Å²) in [6.07, 6.45) is 0.423. The number of hydrogen-bond acceptors (Lipinski definition) is 3. The number of likely N-dealkylation sites (tertiary alicyclic amines) is 1. The molecule has 6 heteroatoms. The molecule has 1 aliphatic heterocycles. The molecule has 132 valence electrons. The number of carbonyl (C=O) groups excluding carboxylic acids is 2. The van der Waals surface area contributed by atoms with Crippen molar-refractivity contribution >= 4 is 27.9 Å². The Kier molecular flexibility index (Phi) is 5.91. The van der Waals surface area contributed by atoms with E-state index in [0.29, 0.717) is 13.1 Å². The van der Waals surface area contributed by atoms with Crippen molar-refractivity contribution in [3.63, 3.8) is 0 Å². The highest BCUT2D eigenvalue weighted by molar-refractivity contribution is 9.10. The normalized spacial score (nSPS) is 19.0. The molecule has 0 saturated carbocycles. The molecule has 0 aromatic heterocycles. The van der Waals surface area contributed by atoms with Gasteiger partial charge >= 0.3 is 6.09 Å². The van der Waals surface area contributed by atoms with Crippen molar-refractivity contribution in [3.8, 4) is 0 Å². The van der Waals surface area contributed by atoms with Gasteiger partial charge in [0.1, 0.15) is 5.60 Å². The number of amides is 2. The second-order valence-corrected chi connectivity index (χ2v) is 8.02.